The van der Waals surface area contributed by atoms with Crippen LogP contribution in [0.4, 0.5) is 5.82 Å². The van der Waals surface area contributed by atoms with Crippen LogP contribution in [0, 0.1) is 6.92 Å². The average molecular weight is 283 g/mol. The van der Waals surface area contributed by atoms with Crippen molar-refractivity contribution in [3.8, 4) is 0 Å². The van der Waals surface area contributed by atoms with Gasteiger partial charge in [0.15, 0.2) is 0 Å². The van der Waals surface area contributed by atoms with Gasteiger partial charge in [-0.1, -0.05) is 11.2 Å². The Bertz CT molecular complexity index is 811. The molecule has 0 unspecified atom stereocenters. The Kier molecular flexibility index (Phi) is 3.27. The molecule has 0 saturated heterocycles. The zero-order valence-electron chi connectivity index (χ0n) is 11.3. The highest BCUT2D eigenvalue weighted by atomic mass is 16.5. The van der Waals surface area contributed by atoms with Gasteiger partial charge in [-0.3, -0.25) is 0 Å². The highest BCUT2D eigenvalue weighted by Crippen LogP contribution is 2.19. The lowest BCUT2D eigenvalue weighted by atomic mass is 10.1. The number of carbonyl (C=O) groups is 1. The van der Waals surface area contributed by atoms with Gasteiger partial charge in [0.25, 0.3) is 0 Å². The number of pyridine rings is 1. The normalized spacial score (nSPS) is 10.7. The number of aromatic nitrogens is 2. The minimum Gasteiger partial charge on any atom is -0.478 e. The Hall–Kier alpha value is -2.89. The van der Waals surface area contributed by atoms with Gasteiger partial charge in [-0.25, -0.2) is 9.78 Å². The Labute approximate surface area is 120 Å². The zero-order valence-corrected chi connectivity index (χ0v) is 11.3. The molecule has 2 aromatic heterocycles. The topological polar surface area (TPSA) is 88.2 Å². The summed E-state index contributed by atoms with van der Waals surface area (Å²) < 4.78 is 4.99. The number of hydrogen-bond donors (Lipinski definition) is 2. The van der Waals surface area contributed by atoms with E-state index in [1.165, 1.54) is 0 Å². The Morgan fingerprint density at radius 1 is 1.33 bits per heavy atom. The van der Waals surface area contributed by atoms with Gasteiger partial charge >= 0.3 is 5.97 Å². The SMILES string of the molecule is Cc1cc(CNc2ccc3c(C(=O)O)cccc3n2)no1. The molecule has 6 nitrogen and oxygen atoms in total. The molecule has 3 aromatic rings. The second kappa shape index (κ2) is 5.24. The molecule has 0 fully saturated rings. The number of anilines is 1. The first-order valence-corrected chi connectivity index (χ1v) is 6.42. The molecule has 106 valence electrons. The largest absolute Gasteiger partial charge is 0.478 e. The van der Waals surface area contributed by atoms with Gasteiger partial charge in [0.1, 0.15) is 17.3 Å². The molecule has 0 saturated carbocycles. The Morgan fingerprint density at radius 2 is 2.19 bits per heavy atom. The second-order valence-corrected chi connectivity index (χ2v) is 4.66. The summed E-state index contributed by atoms with van der Waals surface area (Å²) >= 11 is 0. The predicted octanol–water partition coefficient (Wildman–Crippen LogP) is 2.84. The summed E-state index contributed by atoms with van der Waals surface area (Å²) in [4.78, 5) is 15.6. The number of aromatic carboxylic acids is 1. The van der Waals surface area contributed by atoms with Gasteiger partial charge in [-0.2, -0.15) is 0 Å². The number of benzene rings is 1. The Balaban J connectivity index is 1.86. The smallest absolute Gasteiger partial charge is 0.336 e. The molecular formula is C15H13N3O3. The molecule has 3 rings (SSSR count). The number of hydrogen-bond acceptors (Lipinski definition) is 5. The first-order chi connectivity index (χ1) is 10.1. The Morgan fingerprint density at radius 3 is 2.90 bits per heavy atom. The zero-order chi connectivity index (χ0) is 14.8. The van der Waals surface area contributed by atoms with Crippen molar-refractivity contribution in [1.82, 2.24) is 10.1 Å². The van der Waals surface area contributed by atoms with Gasteiger partial charge in [0.2, 0.25) is 0 Å². The van der Waals surface area contributed by atoms with E-state index in [0.717, 1.165) is 11.5 Å². The van der Waals surface area contributed by atoms with E-state index in [0.29, 0.717) is 23.3 Å². The van der Waals surface area contributed by atoms with Crippen molar-refractivity contribution in [3.63, 3.8) is 0 Å². The van der Waals surface area contributed by atoms with Crippen molar-refractivity contribution in [2.45, 2.75) is 13.5 Å². The van der Waals surface area contributed by atoms with Crippen molar-refractivity contribution in [1.29, 1.82) is 0 Å². The number of aryl methyl sites for hydroxylation is 1. The van der Waals surface area contributed by atoms with Crippen LogP contribution in [0.5, 0.6) is 0 Å². The van der Waals surface area contributed by atoms with E-state index < -0.39 is 5.97 Å². The van der Waals surface area contributed by atoms with Crippen molar-refractivity contribution in [3.05, 3.63) is 53.4 Å². The minimum absolute atomic E-state index is 0.249. The second-order valence-electron chi connectivity index (χ2n) is 4.66. The molecule has 0 bridgehead atoms. The lowest BCUT2D eigenvalue weighted by molar-refractivity contribution is 0.0699. The lowest BCUT2D eigenvalue weighted by Gasteiger charge is -2.06. The molecular weight excluding hydrogens is 270 g/mol. The van der Waals surface area contributed by atoms with Crippen molar-refractivity contribution >= 4 is 22.7 Å². The summed E-state index contributed by atoms with van der Waals surface area (Å²) in [5.41, 5.74) is 1.67. The monoisotopic (exact) mass is 283 g/mol. The van der Waals surface area contributed by atoms with Crippen LogP contribution in [0.3, 0.4) is 0 Å². The van der Waals surface area contributed by atoms with Crippen LogP contribution in [0.1, 0.15) is 21.8 Å². The summed E-state index contributed by atoms with van der Waals surface area (Å²) in [5, 5.41) is 16.8. The number of nitrogens with one attached hydrogen (secondary N) is 1. The average Bonchev–Trinajstić information content (AvgIpc) is 2.89. The third-order valence-electron chi connectivity index (χ3n) is 3.09. The fraction of sp³-hybridized carbons (Fsp3) is 0.133. The molecule has 0 radical (unpaired) electrons. The van der Waals surface area contributed by atoms with Gasteiger partial charge in [0, 0.05) is 11.5 Å². The van der Waals surface area contributed by atoms with Gasteiger partial charge in [0.05, 0.1) is 17.6 Å². The maximum absolute atomic E-state index is 11.2. The number of rotatable bonds is 4. The van der Waals surface area contributed by atoms with Crippen LogP contribution in [0.25, 0.3) is 10.9 Å². The highest BCUT2D eigenvalue weighted by Gasteiger charge is 2.09. The summed E-state index contributed by atoms with van der Waals surface area (Å²) in [5.74, 6) is 0.455. The van der Waals surface area contributed by atoms with Gasteiger partial charge in [-0.05, 0) is 31.2 Å². The third kappa shape index (κ3) is 2.69. The van der Waals surface area contributed by atoms with E-state index in [9.17, 15) is 4.79 Å². The fourth-order valence-corrected chi connectivity index (χ4v) is 2.12. The first-order valence-electron chi connectivity index (χ1n) is 6.42. The van der Waals surface area contributed by atoms with Crippen molar-refractivity contribution in [2.24, 2.45) is 0 Å². The van der Waals surface area contributed by atoms with E-state index in [-0.39, 0.29) is 5.56 Å². The molecule has 0 aliphatic rings. The molecule has 0 amide bonds. The van der Waals surface area contributed by atoms with Crippen molar-refractivity contribution < 1.29 is 14.4 Å². The maximum atomic E-state index is 11.2. The van der Waals surface area contributed by atoms with Crippen molar-refractivity contribution in [2.75, 3.05) is 5.32 Å². The van der Waals surface area contributed by atoms with E-state index in [1.54, 1.807) is 30.3 Å². The van der Waals surface area contributed by atoms with Crippen LogP contribution in [-0.4, -0.2) is 21.2 Å². The minimum atomic E-state index is -0.957. The van der Waals surface area contributed by atoms with Crippen LogP contribution in [-0.2, 0) is 6.54 Å². The molecule has 21 heavy (non-hydrogen) atoms. The number of nitrogens with zero attached hydrogens (tertiary/aromatic N) is 2. The van der Waals surface area contributed by atoms with E-state index in [2.05, 4.69) is 15.5 Å². The van der Waals surface area contributed by atoms with Gasteiger partial charge in [-0.15, -0.1) is 0 Å². The number of carboxylic acids is 1. The maximum Gasteiger partial charge on any atom is 0.336 e. The summed E-state index contributed by atoms with van der Waals surface area (Å²) in [7, 11) is 0. The first kappa shape index (κ1) is 13.1. The van der Waals surface area contributed by atoms with E-state index in [1.807, 2.05) is 13.0 Å². The lowest BCUT2D eigenvalue weighted by Crippen LogP contribution is -2.03. The van der Waals surface area contributed by atoms with Crippen LogP contribution < -0.4 is 5.32 Å². The quantitative estimate of drug-likeness (QED) is 0.765. The fourth-order valence-electron chi connectivity index (χ4n) is 2.12. The summed E-state index contributed by atoms with van der Waals surface area (Å²) in [6, 6.07) is 10.4. The summed E-state index contributed by atoms with van der Waals surface area (Å²) in [6.07, 6.45) is 0. The van der Waals surface area contributed by atoms with Gasteiger partial charge < -0.3 is 14.9 Å². The molecule has 2 N–H and O–H groups in total. The highest BCUT2D eigenvalue weighted by molar-refractivity contribution is 6.02. The van der Waals surface area contributed by atoms with Crippen LogP contribution >= 0.6 is 0 Å². The molecule has 6 heteroatoms. The number of fused-ring (bicyclic) bond motifs is 1. The third-order valence-corrected chi connectivity index (χ3v) is 3.09. The summed E-state index contributed by atoms with van der Waals surface area (Å²) in [6.45, 7) is 2.33. The molecule has 0 aliphatic carbocycles. The van der Waals surface area contributed by atoms with E-state index in [4.69, 9.17) is 9.63 Å². The van der Waals surface area contributed by atoms with Crippen LogP contribution in [0.2, 0.25) is 0 Å². The molecule has 0 aliphatic heterocycles. The molecule has 0 atom stereocenters. The number of carboxylic acid groups (broad SMARTS) is 1. The molecule has 1 aromatic carbocycles. The molecule has 0 spiro atoms. The predicted molar refractivity (Wildman–Crippen MR) is 77.3 cm³/mol. The van der Waals surface area contributed by atoms with E-state index >= 15 is 0 Å². The van der Waals surface area contributed by atoms with Crippen LogP contribution in [0.15, 0.2) is 40.9 Å². The standard InChI is InChI=1S/C15H13N3O3/c1-9-7-10(18-21-9)8-16-14-6-5-11-12(15(19)20)3-2-4-13(11)17-14/h2-7H,8H2,1H3,(H,16,17)(H,19,20). The molecule has 2 heterocycles.